The normalized spacial score (nSPS) is 18.4. The smallest absolute Gasteiger partial charge is 0.410 e. The summed E-state index contributed by atoms with van der Waals surface area (Å²) >= 11 is 1.54. The van der Waals surface area contributed by atoms with Crippen LogP contribution in [0.3, 0.4) is 0 Å². The van der Waals surface area contributed by atoms with Crippen LogP contribution in [-0.2, 0) is 4.74 Å². The van der Waals surface area contributed by atoms with Crippen LogP contribution in [0.2, 0.25) is 0 Å². The Labute approximate surface area is 149 Å². The molecule has 0 aliphatic carbocycles. The number of likely N-dealkylation sites (tertiary alicyclic amines) is 1. The molecule has 0 radical (unpaired) electrons. The maximum absolute atomic E-state index is 12.3. The van der Waals surface area contributed by atoms with E-state index in [0.717, 1.165) is 43.5 Å². The molecule has 1 aromatic heterocycles. The standard InChI is InChI=1S/C17H28N4O2S/c1-17(2,3)23-16(22)21-10-6-7-13(12-21)11-20(4)14-8-9-18-15(19-14)24-5/h8-9,13H,6-7,10-12H2,1-5H3/t13-/m1/s1. The van der Waals surface area contributed by atoms with Gasteiger partial charge < -0.3 is 14.5 Å². The third-order valence-electron chi connectivity index (χ3n) is 3.90. The molecule has 24 heavy (non-hydrogen) atoms. The van der Waals surface area contributed by atoms with E-state index in [4.69, 9.17) is 4.74 Å². The molecule has 6 nitrogen and oxygen atoms in total. The minimum absolute atomic E-state index is 0.207. The zero-order valence-corrected chi connectivity index (χ0v) is 16.1. The molecule has 134 valence electrons. The quantitative estimate of drug-likeness (QED) is 0.612. The summed E-state index contributed by atoms with van der Waals surface area (Å²) in [5.41, 5.74) is -0.448. The predicted molar refractivity (Wildman–Crippen MR) is 97.6 cm³/mol. The number of hydrogen-bond acceptors (Lipinski definition) is 6. The molecule has 1 aromatic rings. The molecule has 1 fully saturated rings. The molecule has 0 unspecified atom stereocenters. The van der Waals surface area contributed by atoms with Crippen molar-refractivity contribution in [2.75, 3.05) is 37.8 Å². The van der Waals surface area contributed by atoms with Crippen molar-refractivity contribution in [1.29, 1.82) is 0 Å². The molecule has 1 amide bonds. The van der Waals surface area contributed by atoms with Crippen molar-refractivity contribution in [3.63, 3.8) is 0 Å². The van der Waals surface area contributed by atoms with Crippen molar-refractivity contribution in [3.05, 3.63) is 12.3 Å². The highest BCUT2D eigenvalue weighted by molar-refractivity contribution is 7.98. The Morgan fingerprint density at radius 3 is 2.92 bits per heavy atom. The first-order valence-electron chi connectivity index (χ1n) is 8.34. The molecule has 0 saturated carbocycles. The Kier molecular flexibility index (Phi) is 6.32. The summed E-state index contributed by atoms with van der Waals surface area (Å²) in [5, 5.41) is 0.776. The van der Waals surface area contributed by atoms with Gasteiger partial charge in [0, 0.05) is 32.9 Å². The van der Waals surface area contributed by atoms with Gasteiger partial charge >= 0.3 is 6.09 Å². The minimum atomic E-state index is -0.448. The van der Waals surface area contributed by atoms with Crippen molar-refractivity contribution in [2.45, 2.75) is 44.4 Å². The van der Waals surface area contributed by atoms with E-state index < -0.39 is 5.60 Å². The van der Waals surface area contributed by atoms with Gasteiger partial charge in [-0.2, -0.15) is 0 Å². The largest absolute Gasteiger partial charge is 0.444 e. The topological polar surface area (TPSA) is 58.6 Å². The van der Waals surface area contributed by atoms with Crippen LogP contribution in [0.1, 0.15) is 33.6 Å². The van der Waals surface area contributed by atoms with Crippen LogP contribution < -0.4 is 4.90 Å². The van der Waals surface area contributed by atoms with E-state index in [2.05, 4.69) is 14.9 Å². The van der Waals surface area contributed by atoms with Crippen LogP contribution in [0.4, 0.5) is 10.6 Å². The molecule has 0 aromatic carbocycles. The SMILES string of the molecule is CSc1nccc(N(C)C[C@H]2CCCN(C(=O)OC(C)(C)C)C2)n1. The summed E-state index contributed by atoms with van der Waals surface area (Å²) < 4.78 is 5.50. The average Bonchev–Trinajstić information content (AvgIpc) is 2.53. The van der Waals surface area contributed by atoms with Gasteiger partial charge in [-0.15, -0.1) is 0 Å². The molecule has 7 heteroatoms. The van der Waals surface area contributed by atoms with E-state index in [1.165, 1.54) is 11.8 Å². The van der Waals surface area contributed by atoms with E-state index in [9.17, 15) is 4.79 Å². The van der Waals surface area contributed by atoms with E-state index in [0.29, 0.717) is 5.92 Å². The van der Waals surface area contributed by atoms with E-state index in [-0.39, 0.29) is 6.09 Å². The lowest BCUT2D eigenvalue weighted by atomic mass is 9.98. The third kappa shape index (κ3) is 5.54. The Bertz CT molecular complexity index is 562. The minimum Gasteiger partial charge on any atom is -0.444 e. The lowest BCUT2D eigenvalue weighted by Gasteiger charge is -2.35. The molecule has 0 N–H and O–H groups in total. The predicted octanol–water partition coefficient (Wildman–Crippen LogP) is 3.28. The summed E-state index contributed by atoms with van der Waals surface area (Å²) in [6.45, 7) is 8.08. The Balaban J connectivity index is 1.93. The van der Waals surface area contributed by atoms with Crippen LogP contribution in [0, 0.1) is 5.92 Å². The number of hydrogen-bond donors (Lipinski definition) is 0. The highest BCUT2D eigenvalue weighted by atomic mass is 32.2. The van der Waals surface area contributed by atoms with Crippen molar-refractivity contribution >= 4 is 23.7 Å². The summed E-state index contributed by atoms with van der Waals surface area (Å²) in [5.74, 6) is 1.34. The first kappa shape index (κ1) is 18.8. The number of aromatic nitrogens is 2. The highest BCUT2D eigenvalue weighted by Crippen LogP contribution is 2.22. The van der Waals surface area contributed by atoms with Gasteiger partial charge in [0.1, 0.15) is 11.4 Å². The maximum atomic E-state index is 12.3. The van der Waals surface area contributed by atoms with Crippen LogP contribution >= 0.6 is 11.8 Å². The third-order valence-corrected chi connectivity index (χ3v) is 4.46. The van der Waals surface area contributed by atoms with Crippen LogP contribution in [0.5, 0.6) is 0 Å². The number of carbonyl (C=O) groups excluding carboxylic acids is 1. The number of ether oxygens (including phenoxy) is 1. The fourth-order valence-electron chi connectivity index (χ4n) is 2.83. The zero-order chi connectivity index (χ0) is 17.7. The fraction of sp³-hybridized carbons (Fsp3) is 0.706. The maximum Gasteiger partial charge on any atom is 0.410 e. The lowest BCUT2D eigenvalue weighted by molar-refractivity contribution is 0.0170. The first-order valence-corrected chi connectivity index (χ1v) is 9.57. The Morgan fingerprint density at radius 1 is 1.50 bits per heavy atom. The van der Waals surface area contributed by atoms with Gasteiger partial charge in [0.15, 0.2) is 5.16 Å². The van der Waals surface area contributed by atoms with Gasteiger partial charge in [0.05, 0.1) is 0 Å². The van der Waals surface area contributed by atoms with Gasteiger partial charge in [0.2, 0.25) is 0 Å². The molecule has 2 heterocycles. The first-order chi connectivity index (χ1) is 11.3. The molecular weight excluding hydrogens is 324 g/mol. The molecule has 1 atom stereocenters. The van der Waals surface area contributed by atoms with Crippen LogP contribution in [0.15, 0.2) is 17.4 Å². The van der Waals surface area contributed by atoms with E-state index in [1.807, 2.05) is 45.0 Å². The Morgan fingerprint density at radius 2 is 2.25 bits per heavy atom. The number of carbonyl (C=O) groups is 1. The summed E-state index contributed by atoms with van der Waals surface area (Å²) in [4.78, 5) is 25.0. The average molecular weight is 353 g/mol. The Hall–Kier alpha value is -1.50. The van der Waals surface area contributed by atoms with Crippen molar-refractivity contribution < 1.29 is 9.53 Å². The van der Waals surface area contributed by atoms with Gasteiger partial charge in [-0.05, 0) is 51.9 Å². The van der Waals surface area contributed by atoms with Crippen molar-refractivity contribution in [3.8, 4) is 0 Å². The van der Waals surface area contributed by atoms with Crippen LogP contribution in [0.25, 0.3) is 0 Å². The zero-order valence-electron chi connectivity index (χ0n) is 15.3. The number of anilines is 1. The van der Waals surface area contributed by atoms with E-state index in [1.54, 1.807) is 6.20 Å². The number of nitrogens with zero attached hydrogens (tertiary/aromatic N) is 4. The number of thioether (sulfide) groups is 1. The second-order valence-electron chi connectivity index (χ2n) is 7.22. The molecule has 0 bridgehead atoms. The monoisotopic (exact) mass is 352 g/mol. The number of rotatable bonds is 4. The number of piperidine rings is 1. The van der Waals surface area contributed by atoms with Gasteiger partial charge in [-0.3, -0.25) is 0 Å². The van der Waals surface area contributed by atoms with Gasteiger partial charge in [0.25, 0.3) is 0 Å². The highest BCUT2D eigenvalue weighted by Gasteiger charge is 2.28. The lowest BCUT2D eigenvalue weighted by Crippen LogP contribution is -2.45. The summed E-state index contributed by atoms with van der Waals surface area (Å²) in [6.07, 6.45) is 5.68. The number of amides is 1. The molecule has 1 aliphatic heterocycles. The van der Waals surface area contributed by atoms with Crippen molar-refractivity contribution in [1.82, 2.24) is 14.9 Å². The van der Waals surface area contributed by atoms with Gasteiger partial charge in [-0.1, -0.05) is 11.8 Å². The second-order valence-corrected chi connectivity index (χ2v) is 7.99. The fourth-order valence-corrected chi connectivity index (χ4v) is 3.18. The molecular formula is C17H28N4O2S. The van der Waals surface area contributed by atoms with Crippen LogP contribution in [-0.4, -0.2) is 59.5 Å². The summed E-state index contributed by atoms with van der Waals surface area (Å²) in [7, 11) is 2.04. The summed E-state index contributed by atoms with van der Waals surface area (Å²) in [6, 6.07) is 1.92. The molecule has 0 spiro atoms. The molecule has 1 saturated heterocycles. The van der Waals surface area contributed by atoms with E-state index >= 15 is 0 Å². The second kappa shape index (κ2) is 8.05. The van der Waals surface area contributed by atoms with Crippen molar-refractivity contribution in [2.24, 2.45) is 5.92 Å². The van der Waals surface area contributed by atoms with Gasteiger partial charge in [-0.25, -0.2) is 14.8 Å². The molecule has 2 rings (SSSR count). The molecule has 1 aliphatic rings.